The maximum Gasteiger partial charge on any atom is 0.0166 e. The van der Waals surface area contributed by atoms with Crippen molar-refractivity contribution in [3.8, 4) is 0 Å². The Kier molecular flexibility index (Phi) is 3.73. The summed E-state index contributed by atoms with van der Waals surface area (Å²) < 4.78 is 0. The second-order valence-corrected chi connectivity index (χ2v) is 4.79. The maximum absolute atomic E-state index is 5.96. The molecule has 2 N–H and O–H groups in total. The summed E-state index contributed by atoms with van der Waals surface area (Å²) in [5, 5.41) is 0. The van der Waals surface area contributed by atoms with Crippen LogP contribution in [-0.2, 0) is 0 Å². The van der Waals surface area contributed by atoms with E-state index in [9.17, 15) is 0 Å². The van der Waals surface area contributed by atoms with Crippen molar-refractivity contribution in [2.75, 3.05) is 11.5 Å². The van der Waals surface area contributed by atoms with Crippen LogP contribution in [0, 0.1) is 11.8 Å². The van der Waals surface area contributed by atoms with E-state index in [-0.39, 0.29) is 0 Å². The van der Waals surface area contributed by atoms with E-state index in [1.165, 1.54) is 24.3 Å². The first kappa shape index (κ1) is 9.40. The molecule has 0 radical (unpaired) electrons. The van der Waals surface area contributed by atoms with Crippen molar-refractivity contribution in [2.24, 2.45) is 17.6 Å². The third-order valence-corrected chi connectivity index (χ3v) is 3.93. The first-order chi connectivity index (χ1) is 5.24. The number of thioether (sulfide) groups is 1. The monoisotopic (exact) mass is 173 g/mol. The van der Waals surface area contributed by atoms with Gasteiger partial charge in [-0.25, -0.2) is 0 Å². The molecule has 0 aliphatic carbocycles. The Morgan fingerprint density at radius 3 is 2.73 bits per heavy atom. The SMILES string of the molecule is CCC(C)CC1CSCC1N. The maximum atomic E-state index is 5.96. The second-order valence-electron chi connectivity index (χ2n) is 3.71. The number of hydrogen-bond donors (Lipinski definition) is 1. The van der Waals surface area contributed by atoms with Crippen LogP contribution in [0.5, 0.6) is 0 Å². The molecule has 1 fully saturated rings. The van der Waals surface area contributed by atoms with Gasteiger partial charge >= 0.3 is 0 Å². The summed E-state index contributed by atoms with van der Waals surface area (Å²) >= 11 is 2.02. The van der Waals surface area contributed by atoms with E-state index in [0.717, 1.165) is 11.8 Å². The fraction of sp³-hybridized carbons (Fsp3) is 1.00. The lowest BCUT2D eigenvalue weighted by molar-refractivity contribution is 0.382. The van der Waals surface area contributed by atoms with Crippen molar-refractivity contribution in [2.45, 2.75) is 32.7 Å². The highest BCUT2D eigenvalue weighted by molar-refractivity contribution is 7.99. The Hall–Kier alpha value is 0.310. The lowest BCUT2D eigenvalue weighted by atomic mass is 9.91. The number of hydrogen-bond acceptors (Lipinski definition) is 2. The minimum Gasteiger partial charge on any atom is -0.327 e. The highest BCUT2D eigenvalue weighted by Crippen LogP contribution is 2.28. The van der Waals surface area contributed by atoms with Crippen molar-refractivity contribution in [3.63, 3.8) is 0 Å². The van der Waals surface area contributed by atoms with Crippen LogP contribution < -0.4 is 5.73 Å². The highest BCUT2D eigenvalue weighted by Gasteiger charge is 2.25. The highest BCUT2D eigenvalue weighted by atomic mass is 32.2. The molecule has 11 heavy (non-hydrogen) atoms. The molecule has 0 amide bonds. The Labute approximate surface area is 74.1 Å². The lowest BCUT2D eigenvalue weighted by Crippen LogP contribution is -2.29. The van der Waals surface area contributed by atoms with E-state index in [1.807, 2.05) is 11.8 Å². The molecule has 3 atom stereocenters. The number of rotatable bonds is 3. The third kappa shape index (κ3) is 2.68. The quantitative estimate of drug-likeness (QED) is 0.707. The molecule has 1 saturated heterocycles. The van der Waals surface area contributed by atoms with Gasteiger partial charge < -0.3 is 5.73 Å². The van der Waals surface area contributed by atoms with Crippen LogP contribution >= 0.6 is 11.8 Å². The normalized spacial score (nSPS) is 34.1. The van der Waals surface area contributed by atoms with E-state index in [4.69, 9.17) is 5.73 Å². The third-order valence-electron chi connectivity index (χ3n) is 2.65. The van der Waals surface area contributed by atoms with E-state index in [2.05, 4.69) is 13.8 Å². The van der Waals surface area contributed by atoms with Crippen molar-refractivity contribution in [1.29, 1.82) is 0 Å². The van der Waals surface area contributed by atoms with Crippen molar-refractivity contribution in [3.05, 3.63) is 0 Å². The average molecular weight is 173 g/mol. The minimum absolute atomic E-state index is 0.481. The molecule has 0 saturated carbocycles. The molecule has 1 aliphatic rings. The Balaban J connectivity index is 2.24. The topological polar surface area (TPSA) is 26.0 Å². The molecule has 0 aromatic heterocycles. The van der Waals surface area contributed by atoms with Crippen LogP contribution in [0.1, 0.15) is 26.7 Å². The van der Waals surface area contributed by atoms with E-state index >= 15 is 0 Å². The standard InChI is InChI=1S/C9H19NS/c1-3-7(2)4-8-5-11-6-9(8)10/h7-9H,3-6,10H2,1-2H3. The zero-order valence-electron chi connectivity index (χ0n) is 7.55. The van der Waals surface area contributed by atoms with Gasteiger partial charge in [0.15, 0.2) is 0 Å². The fourth-order valence-corrected chi connectivity index (χ4v) is 2.91. The predicted octanol–water partition coefficient (Wildman–Crippen LogP) is 2.11. The zero-order chi connectivity index (χ0) is 8.27. The lowest BCUT2D eigenvalue weighted by Gasteiger charge is -2.17. The number of nitrogens with two attached hydrogens (primary N) is 1. The van der Waals surface area contributed by atoms with Crippen LogP contribution in [-0.4, -0.2) is 17.5 Å². The minimum atomic E-state index is 0.481. The van der Waals surface area contributed by atoms with Gasteiger partial charge in [-0.15, -0.1) is 0 Å². The fourth-order valence-electron chi connectivity index (χ4n) is 1.54. The summed E-state index contributed by atoms with van der Waals surface area (Å²) in [6.07, 6.45) is 2.64. The molecule has 1 nitrogen and oxygen atoms in total. The summed E-state index contributed by atoms with van der Waals surface area (Å²) in [5.41, 5.74) is 5.96. The Morgan fingerprint density at radius 1 is 1.55 bits per heavy atom. The molecule has 66 valence electrons. The van der Waals surface area contributed by atoms with Gasteiger partial charge in [-0.1, -0.05) is 20.3 Å². The second kappa shape index (κ2) is 4.36. The van der Waals surface area contributed by atoms with Gasteiger partial charge in [0.05, 0.1) is 0 Å². The van der Waals surface area contributed by atoms with Gasteiger partial charge in [0, 0.05) is 11.8 Å². The van der Waals surface area contributed by atoms with Crippen LogP contribution in [0.15, 0.2) is 0 Å². The molecule has 2 heteroatoms. The van der Waals surface area contributed by atoms with Crippen LogP contribution in [0.3, 0.4) is 0 Å². The molecule has 0 spiro atoms. The first-order valence-electron chi connectivity index (χ1n) is 4.57. The van der Waals surface area contributed by atoms with E-state index in [0.29, 0.717) is 6.04 Å². The first-order valence-corrected chi connectivity index (χ1v) is 5.72. The molecule has 0 bridgehead atoms. The molecule has 0 aromatic carbocycles. The molecular formula is C9H19NS. The van der Waals surface area contributed by atoms with Crippen LogP contribution in [0.4, 0.5) is 0 Å². The Bertz CT molecular complexity index is 116. The molecule has 1 heterocycles. The average Bonchev–Trinajstić information content (AvgIpc) is 2.37. The zero-order valence-corrected chi connectivity index (χ0v) is 8.36. The van der Waals surface area contributed by atoms with Gasteiger partial charge in [0.25, 0.3) is 0 Å². The van der Waals surface area contributed by atoms with Gasteiger partial charge in [-0.2, -0.15) is 11.8 Å². The molecular weight excluding hydrogens is 154 g/mol. The van der Waals surface area contributed by atoms with Crippen molar-refractivity contribution >= 4 is 11.8 Å². The van der Waals surface area contributed by atoms with E-state index < -0.39 is 0 Å². The van der Waals surface area contributed by atoms with Gasteiger partial charge in [-0.3, -0.25) is 0 Å². The van der Waals surface area contributed by atoms with Crippen LogP contribution in [0.25, 0.3) is 0 Å². The summed E-state index contributed by atoms with van der Waals surface area (Å²) in [6, 6.07) is 0.481. The van der Waals surface area contributed by atoms with E-state index in [1.54, 1.807) is 0 Å². The van der Waals surface area contributed by atoms with Crippen LogP contribution in [0.2, 0.25) is 0 Å². The molecule has 1 rings (SSSR count). The van der Waals surface area contributed by atoms with Crippen molar-refractivity contribution < 1.29 is 0 Å². The smallest absolute Gasteiger partial charge is 0.0166 e. The summed E-state index contributed by atoms with van der Waals surface area (Å²) in [7, 11) is 0. The Morgan fingerprint density at radius 2 is 2.27 bits per heavy atom. The molecule has 1 aliphatic heterocycles. The predicted molar refractivity (Wildman–Crippen MR) is 52.9 cm³/mol. The molecule has 3 unspecified atom stereocenters. The van der Waals surface area contributed by atoms with Gasteiger partial charge in [0.1, 0.15) is 0 Å². The van der Waals surface area contributed by atoms with Gasteiger partial charge in [0.2, 0.25) is 0 Å². The largest absolute Gasteiger partial charge is 0.327 e. The summed E-state index contributed by atoms with van der Waals surface area (Å²) in [4.78, 5) is 0. The van der Waals surface area contributed by atoms with Gasteiger partial charge in [-0.05, 0) is 24.0 Å². The summed E-state index contributed by atoms with van der Waals surface area (Å²) in [5.74, 6) is 4.15. The van der Waals surface area contributed by atoms with Crippen molar-refractivity contribution in [1.82, 2.24) is 0 Å². The molecule has 0 aromatic rings. The summed E-state index contributed by atoms with van der Waals surface area (Å²) in [6.45, 7) is 4.59.